The van der Waals surface area contributed by atoms with E-state index in [-0.39, 0.29) is 17.2 Å². The number of thioether (sulfide) groups is 1. The standard InChI is InChI=1S/C19H20N4O4S2/c1-5-22-18(25)15-10(2)11(3)28-17(15)21-19(22)29-12(4)16(24)20-13-6-8-14(9-7-13)23(26)27/h6-9,12H,5H2,1-4H3,(H,20,24). The molecule has 152 valence electrons. The molecule has 0 saturated carbocycles. The number of benzene rings is 1. The molecular weight excluding hydrogens is 412 g/mol. The van der Waals surface area contributed by atoms with Gasteiger partial charge in [-0.1, -0.05) is 11.8 Å². The van der Waals surface area contributed by atoms with Crippen molar-refractivity contribution >= 4 is 50.6 Å². The Balaban J connectivity index is 1.83. The van der Waals surface area contributed by atoms with Gasteiger partial charge in [0.05, 0.1) is 15.6 Å². The molecule has 1 amide bonds. The first kappa shape index (κ1) is 21.0. The number of non-ortho nitro benzene ring substituents is 1. The normalized spacial score (nSPS) is 12.1. The van der Waals surface area contributed by atoms with E-state index in [1.165, 1.54) is 47.4 Å². The molecule has 0 fully saturated rings. The van der Waals surface area contributed by atoms with Crippen molar-refractivity contribution in [2.75, 3.05) is 5.32 Å². The molecule has 1 N–H and O–H groups in total. The summed E-state index contributed by atoms with van der Waals surface area (Å²) in [5.74, 6) is -0.278. The van der Waals surface area contributed by atoms with Crippen LogP contribution in [0, 0.1) is 24.0 Å². The molecule has 8 nitrogen and oxygen atoms in total. The van der Waals surface area contributed by atoms with Crippen LogP contribution in [-0.4, -0.2) is 25.6 Å². The number of anilines is 1. The maximum atomic E-state index is 12.9. The average Bonchev–Trinajstić information content (AvgIpc) is 2.96. The van der Waals surface area contributed by atoms with E-state index in [9.17, 15) is 19.7 Å². The van der Waals surface area contributed by atoms with Crippen LogP contribution in [0.1, 0.15) is 24.3 Å². The third-order valence-electron chi connectivity index (χ3n) is 4.57. The summed E-state index contributed by atoms with van der Waals surface area (Å²) in [6.45, 7) is 7.94. The highest BCUT2D eigenvalue weighted by atomic mass is 32.2. The number of carbonyl (C=O) groups is 1. The summed E-state index contributed by atoms with van der Waals surface area (Å²) in [4.78, 5) is 42.1. The number of rotatable bonds is 6. The van der Waals surface area contributed by atoms with Gasteiger partial charge in [0.25, 0.3) is 11.2 Å². The lowest BCUT2D eigenvalue weighted by atomic mass is 10.2. The number of thiophene rings is 1. The minimum atomic E-state index is -0.519. The Labute approximate surface area is 175 Å². The molecule has 2 aromatic heterocycles. The zero-order valence-electron chi connectivity index (χ0n) is 16.4. The Morgan fingerprint density at radius 1 is 1.34 bits per heavy atom. The van der Waals surface area contributed by atoms with Crippen LogP contribution in [0.25, 0.3) is 10.2 Å². The Bertz CT molecular complexity index is 1150. The molecule has 0 aliphatic carbocycles. The molecule has 0 spiro atoms. The third kappa shape index (κ3) is 4.18. The zero-order chi connectivity index (χ0) is 21.3. The van der Waals surface area contributed by atoms with Crippen LogP contribution in [0.15, 0.2) is 34.2 Å². The monoisotopic (exact) mass is 432 g/mol. The van der Waals surface area contributed by atoms with Crippen molar-refractivity contribution in [3.05, 3.63) is 55.2 Å². The number of nitro benzene ring substituents is 1. The number of fused-ring (bicyclic) bond motifs is 1. The SMILES string of the molecule is CCn1c(SC(C)C(=O)Nc2ccc([N+](=O)[O-])cc2)nc2sc(C)c(C)c2c1=O. The van der Waals surface area contributed by atoms with Crippen LogP contribution < -0.4 is 10.9 Å². The van der Waals surface area contributed by atoms with Gasteiger partial charge in [0.15, 0.2) is 5.16 Å². The van der Waals surface area contributed by atoms with Crippen LogP contribution in [0.4, 0.5) is 11.4 Å². The lowest BCUT2D eigenvalue weighted by molar-refractivity contribution is -0.384. The Hall–Kier alpha value is -2.72. The molecule has 0 bridgehead atoms. The molecule has 3 rings (SSSR count). The van der Waals surface area contributed by atoms with Gasteiger partial charge in [0.2, 0.25) is 5.91 Å². The number of nitrogens with one attached hydrogen (secondary N) is 1. The quantitative estimate of drug-likeness (QED) is 0.272. The lowest BCUT2D eigenvalue weighted by Gasteiger charge is -2.15. The molecule has 0 radical (unpaired) electrons. The molecule has 1 unspecified atom stereocenters. The van der Waals surface area contributed by atoms with Crippen molar-refractivity contribution in [1.29, 1.82) is 0 Å². The van der Waals surface area contributed by atoms with E-state index in [2.05, 4.69) is 10.3 Å². The maximum absolute atomic E-state index is 12.9. The van der Waals surface area contributed by atoms with Gasteiger partial charge < -0.3 is 5.32 Å². The summed E-state index contributed by atoms with van der Waals surface area (Å²) in [7, 11) is 0. The first-order valence-electron chi connectivity index (χ1n) is 8.95. The van der Waals surface area contributed by atoms with Gasteiger partial charge in [-0.2, -0.15) is 0 Å². The number of hydrogen-bond donors (Lipinski definition) is 1. The Morgan fingerprint density at radius 3 is 2.59 bits per heavy atom. The Kier molecular flexibility index (Phi) is 6.04. The van der Waals surface area contributed by atoms with E-state index in [0.717, 1.165) is 10.4 Å². The van der Waals surface area contributed by atoms with Crippen LogP contribution in [0.3, 0.4) is 0 Å². The van der Waals surface area contributed by atoms with Gasteiger partial charge >= 0.3 is 0 Å². The van der Waals surface area contributed by atoms with Gasteiger partial charge in [0.1, 0.15) is 4.83 Å². The minimum absolute atomic E-state index is 0.0450. The number of carbonyl (C=O) groups excluding carboxylic acids is 1. The Morgan fingerprint density at radius 2 is 2.00 bits per heavy atom. The van der Waals surface area contributed by atoms with Crippen LogP contribution in [0.5, 0.6) is 0 Å². The molecule has 1 aromatic carbocycles. The fraction of sp³-hybridized carbons (Fsp3) is 0.316. The second kappa shape index (κ2) is 8.34. The van der Waals surface area contributed by atoms with Crippen molar-refractivity contribution in [2.45, 2.75) is 44.6 Å². The van der Waals surface area contributed by atoms with E-state index in [0.29, 0.717) is 27.6 Å². The van der Waals surface area contributed by atoms with E-state index in [1.54, 1.807) is 11.5 Å². The fourth-order valence-corrected chi connectivity index (χ4v) is 4.84. The second-order valence-electron chi connectivity index (χ2n) is 6.46. The highest BCUT2D eigenvalue weighted by molar-refractivity contribution is 8.00. The van der Waals surface area contributed by atoms with E-state index in [1.807, 2.05) is 20.8 Å². The molecule has 0 aliphatic heterocycles. The fourth-order valence-electron chi connectivity index (χ4n) is 2.80. The molecule has 0 saturated heterocycles. The minimum Gasteiger partial charge on any atom is -0.325 e. The predicted octanol–water partition coefficient (Wildman–Crippen LogP) is 4.12. The van der Waals surface area contributed by atoms with E-state index >= 15 is 0 Å². The molecule has 3 aromatic rings. The van der Waals surface area contributed by atoms with Crippen molar-refractivity contribution in [2.24, 2.45) is 0 Å². The van der Waals surface area contributed by atoms with Gasteiger partial charge in [-0.05, 0) is 45.4 Å². The van der Waals surface area contributed by atoms with Gasteiger partial charge in [-0.25, -0.2) is 4.98 Å². The number of amides is 1. The summed E-state index contributed by atoms with van der Waals surface area (Å²) in [5.41, 5.74) is 1.28. The first-order chi connectivity index (χ1) is 13.7. The average molecular weight is 433 g/mol. The van der Waals surface area contributed by atoms with Crippen molar-refractivity contribution in [3.8, 4) is 0 Å². The van der Waals surface area contributed by atoms with Crippen molar-refractivity contribution < 1.29 is 9.72 Å². The van der Waals surface area contributed by atoms with Crippen molar-refractivity contribution in [1.82, 2.24) is 9.55 Å². The molecule has 0 aliphatic rings. The summed E-state index contributed by atoms with van der Waals surface area (Å²) in [5, 5.41) is 14.1. The van der Waals surface area contributed by atoms with Crippen molar-refractivity contribution in [3.63, 3.8) is 0 Å². The molecule has 29 heavy (non-hydrogen) atoms. The molecule has 2 heterocycles. The smallest absolute Gasteiger partial charge is 0.269 e. The van der Waals surface area contributed by atoms with Crippen LogP contribution in [-0.2, 0) is 11.3 Å². The molecule has 1 atom stereocenters. The van der Waals surface area contributed by atoms with Gasteiger partial charge in [-0.15, -0.1) is 11.3 Å². The highest BCUT2D eigenvalue weighted by Crippen LogP contribution is 2.30. The highest BCUT2D eigenvalue weighted by Gasteiger charge is 2.21. The van der Waals surface area contributed by atoms with Crippen LogP contribution >= 0.6 is 23.1 Å². The number of nitrogens with zero attached hydrogens (tertiary/aromatic N) is 3. The van der Waals surface area contributed by atoms with E-state index < -0.39 is 10.2 Å². The second-order valence-corrected chi connectivity index (χ2v) is 8.97. The third-order valence-corrected chi connectivity index (χ3v) is 6.76. The number of nitro groups is 1. The summed E-state index contributed by atoms with van der Waals surface area (Å²) >= 11 is 2.69. The topological polar surface area (TPSA) is 107 Å². The number of hydrogen-bond acceptors (Lipinski definition) is 7. The first-order valence-corrected chi connectivity index (χ1v) is 10.6. The summed E-state index contributed by atoms with van der Waals surface area (Å²) in [6.07, 6.45) is 0. The summed E-state index contributed by atoms with van der Waals surface area (Å²) < 4.78 is 1.59. The number of aryl methyl sites for hydroxylation is 2. The molecular formula is C19H20N4O4S2. The van der Waals surface area contributed by atoms with Crippen LogP contribution in [0.2, 0.25) is 0 Å². The van der Waals surface area contributed by atoms with E-state index in [4.69, 9.17) is 0 Å². The largest absolute Gasteiger partial charge is 0.325 e. The molecule has 10 heteroatoms. The summed E-state index contributed by atoms with van der Waals surface area (Å²) in [6, 6.07) is 5.63. The maximum Gasteiger partial charge on any atom is 0.269 e. The lowest BCUT2D eigenvalue weighted by Crippen LogP contribution is -2.26. The predicted molar refractivity (Wildman–Crippen MR) is 116 cm³/mol. The van der Waals surface area contributed by atoms with Gasteiger partial charge in [-0.3, -0.25) is 24.3 Å². The number of aromatic nitrogens is 2. The zero-order valence-corrected chi connectivity index (χ0v) is 18.0. The van der Waals surface area contributed by atoms with Gasteiger partial charge in [0, 0.05) is 29.2 Å².